The predicted octanol–water partition coefficient (Wildman–Crippen LogP) is -0.839. The van der Waals surface area contributed by atoms with Crippen molar-refractivity contribution in [2.45, 2.75) is 56.9 Å². The summed E-state index contributed by atoms with van der Waals surface area (Å²) in [4.78, 5) is 12.3. The summed E-state index contributed by atoms with van der Waals surface area (Å²) in [5.74, 6) is -0.360. The quantitative estimate of drug-likeness (QED) is 0.504. The molecule has 0 aromatic heterocycles. The monoisotopic (exact) mass is 296 g/mol. The van der Waals surface area contributed by atoms with Crippen LogP contribution in [0.3, 0.4) is 0 Å². The Balaban J connectivity index is 1.96. The standard InChI is InChI=1S/C15H20O6/c1-6-4-7-13(2,10(18)8(6)16)14(3)11(19)9(17)12(21-7)15(14)5-20-15/h4,7,9-12,17-19H,5H2,1-3H3/t7-,9-,10-,11-,12-,13-,14-,15+/m1/s1. The van der Waals surface area contributed by atoms with Crippen LogP contribution in [0.25, 0.3) is 0 Å². The molecule has 0 radical (unpaired) electrons. The number of ketones is 1. The number of epoxide rings is 1. The van der Waals surface area contributed by atoms with Gasteiger partial charge in [0.05, 0.1) is 18.8 Å². The van der Waals surface area contributed by atoms with E-state index in [-0.39, 0.29) is 5.78 Å². The average Bonchev–Trinajstić information content (AvgIpc) is 3.23. The van der Waals surface area contributed by atoms with Crippen molar-refractivity contribution in [2.24, 2.45) is 10.8 Å². The number of aliphatic hydroxyl groups excluding tert-OH is 3. The first kappa shape index (κ1) is 13.8. The maximum absolute atomic E-state index is 12.3. The smallest absolute Gasteiger partial charge is 0.187 e. The summed E-state index contributed by atoms with van der Waals surface area (Å²) >= 11 is 0. The predicted molar refractivity (Wildman–Crippen MR) is 70.3 cm³/mol. The van der Waals surface area contributed by atoms with E-state index in [2.05, 4.69) is 0 Å². The summed E-state index contributed by atoms with van der Waals surface area (Å²) in [5.41, 5.74) is -2.38. The molecule has 2 bridgehead atoms. The lowest BCUT2D eigenvalue weighted by atomic mass is 9.50. The van der Waals surface area contributed by atoms with Gasteiger partial charge in [0.15, 0.2) is 5.78 Å². The third-order valence-electron chi connectivity index (χ3n) is 6.63. The lowest BCUT2D eigenvalue weighted by molar-refractivity contribution is -0.234. The molecule has 0 aromatic carbocycles. The minimum absolute atomic E-state index is 0.355. The van der Waals surface area contributed by atoms with Crippen LogP contribution in [0.5, 0.6) is 0 Å². The number of aliphatic hydroxyl groups is 3. The Labute approximate surface area is 122 Å². The van der Waals surface area contributed by atoms with Crippen molar-refractivity contribution >= 4 is 5.78 Å². The maximum Gasteiger partial charge on any atom is 0.187 e. The normalized spacial score (nSPS) is 61.7. The molecule has 6 heteroatoms. The fourth-order valence-corrected chi connectivity index (χ4v) is 4.88. The molecule has 1 spiro atoms. The van der Waals surface area contributed by atoms with Gasteiger partial charge >= 0.3 is 0 Å². The summed E-state index contributed by atoms with van der Waals surface area (Å²) in [6, 6.07) is 0. The van der Waals surface area contributed by atoms with Crippen molar-refractivity contribution in [1.29, 1.82) is 0 Å². The number of fused-ring (bicyclic) bond motifs is 2. The Morgan fingerprint density at radius 2 is 1.90 bits per heavy atom. The van der Waals surface area contributed by atoms with E-state index in [0.717, 1.165) is 0 Å². The lowest BCUT2D eigenvalue weighted by Gasteiger charge is -2.57. The number of hydrogen-bond acceptors (Lipinski definition) is 6. The van der Waals surface area contributed by atoms with Crippen molar-refractivity contribution in [2.75, 3.05) is 6.61 Å². The lowest BCUT2D eigenvalue weighted by Crippen LogP contribution is -2.69. The zero-order valence-electron chi connectivity index (χ0n) is 12.2. The molecule has 3 N–H and O–H groups in total. The summed E-state index contributed by atoms with van der Waals surface area (Å²) < 4.78 is 11.6. The molecular weight excluding hydrogens is 276 g/mol. The summed E-state index contributed by atoms with van der Waals surface area (Å²) in [6.07, 6.45) is -2.98. The highest BCUT2D eigenvalue weighted by molar-refractivity contribution is 6.00. The Morgan fingerprint density at radius 3 is 2.48 bits per heavy atom. The Hall–Kier alpha value is -0.790. The Morgan fingerprint density at radius 1 is 1.29 bits per heavy atom. The highest BCUT2D eigenvalue weighted by Crippen LogP contribution is 2.70. The van der Waals surface area contributed by atoms with Crippen molar-refractivity contribution < 1.29 is 29.6 Å². The number of carbonyl (C=O) groups excluding carboxylic acids is 1. The van der Waals surface area contributed by atoms with Crippen LogP contribution in [0.15, 0.2) is 11.6 Å². The molecule has 21 heavy (non-hydrogen) atoms. The van der Waals surface area contributed by atoms with Gasteiger partial charge in [0.25, 0.3) is 0 Å². The van der Waals surface area contributed by atoms with E-state index >= 15 is 0 Å². The highest BCUT2D eigenvalue weighted by Gasteiger charge is 2.85. The van der Waals surface area contributed by atoms with E-state index in [0.29, 0.717) is 12.2 Å². The molecule has 2 aliphatic carbocycles. The number of rotatable bonds is 0. The molecular formula is C15H20O6. The zero-order valence-corrected chi connectivity index (χ0v) is 12.2. The number of hydrogen-bond donors (Lipinski definition) is 3. The summed E-state index contributed by atoms with van der Waals surface area (Å²) in [7, 11) is 0. The van der Waals surface area contributed by atoms with Crippen LogP contribution in [0, 0.1) is 10.8 Å². The van der Waals surface area contributed by atoms with Gasteiger partial charge in [0.2, 0.25) is 0 Å². The van der Waals surface area contributed by atoms with Crippen LogP contribution in [-0.4, -0.2) is 63.8 Å². The van der Waals surface area contributed by atoms with Gasteiger partial charge in [-0.3, -0.25) is 4.79 Å². The molecule has 116 valence electrons. The Bertz CT molecular complexity index is 567. The molecule has 2 aliphatic heterocycles. The molecule has 6 nitrogen and oxygen atoms in total. The van der Waals surface area contributed by atoms with Crippen LogP contribution in [0.1, 0.15) is 20.8 Å². The molecule has 1 saturated carbocycles. The van der Waals surface area contributed by atoms with Crippen molar-refractivity contribution in [3.63, 3.8) is 0 Å². The second-order valence-corrected chi connectivity index (χ2v) is 7.19. The molecule has 3 fully saturated rings. The number of Topliss-reactive ketones (excluding diaryl/α,β-unsaturated/α-hetero) is 1. The molecule has 2 heterocycles. The topological polar surface area (TPSA) is 99.5 Å². The second-order valence-electron chi connectivity index (χ2n) is 7.19. The molecule has 2 saturated heterocycles. The van der Waals surface area contributed by atoms with Crippen LogP contribution in [0.4, 0.5) is 0 Å². The van der Waals surface area contributed by atoms with E-state index in [4.69, 9.17) is 9.47 Å². The van der Waals surface area contributed by atoms with Gasteiger partial charge in [0.1, 0.15) is 23.9 Å². The van der Waals surface area contributed by atoms with E-state index in [9.17, 15) is 20.1 Å². The molecule has 0 unspecified atom stereocenters. The molecule has 0 amide bonds. The fraction of sp³-hybridized carbons (Fsp3) is 0.800. The first-order valence-electron chi connectivity index (χ1n) is 7.28. The van der Waals surface area contributed by atoms with Gasteiger partial charge in [-0.15, -0.1) is 0 Å². The zero-order chi connectivity index (χ0) is 15.4. The molecule has 8 atom stereocenters. The van der Waals surface area contributed by atoms with E-state index < -0.39 is 47.0 Å². The maximum atomic E-state index is 12.3. The van der Waals surface area contributed by atoms with Gasteiger partial charge in [-0.1, -0.05) is 13.8 Å². The van der Waals surface area contributed by atoms with E-state index in [1.54, 1.807) is 26.8 Å². The Kier molecular flexibility index (Phi) is 2.36. The fourth-order valence-electron chi connectivity index (χ4n) is 4.88. The SMILES string of the molecule is CC1=C[C@H]2O[C@@H]3[C@H](O)[C@@H](O)[C@](C)([C@@]2(C)[C@H](O)C1=O)[C@]31CO1. The third-order valence-corrected chi connectivity index (χ3v) is 6.63. The summed E-state index contributed by atoms with van der Waals surface area (Å²) in [6.45, 7) is 5.52. The first-order chi connectivity index (χ1) is 9.71. The van der Waals surface area contributed by atoms with Crippen molar-refractivity contribution in [3.8, 4) is 0 Å². The van der Waals surface area contributed by atoms with Gasteiger partial charge in [0, 0.05) is 10.8 Å². The highest BCUT2D eigenvalue weighted by atomic mass is 16.6. The van der Waals surface area contributed by atoms with Crippen molar-refractivity contribution in [3.05, 3.63) is 11.6 Å². The largest absolute Gasteiger partial charge is 0.390 e. The van der Waals surface area contributed by atoms with Gasteiger partial charge in [-0.05, 0) is 18.6 Å². The second kappa shape index (κ2) is 3.58. The summed E-state index contributed by atoms with van der Waals surface area (Å²) in [5, 5.41) is 31.6. The number of carbonyl (C=O) groups is 1. The molecule has 4 aliphatic rings. The molecule has 0 aromatic rings. The van der Waals surface area contributed by atoms with Crippen LogP contribution >= 0.6 is 0 Å². The minimum Gasteiger partial charge on any atom is -0.390 e. The van der Waals surface area contributed by atoms with E-state index in [1.165, 1.54) is 0 Å². The van der Waals surface area contributed by atoms with Gasteiger partial charge in [-0.25, -0.2) is 0 Å². The average molecular weight is 296 g/mol. The third kappa shape index (κ3) is 1.15. The van der Waals surface area contributed by atoms with Gasteiger partial charge < -0.3 is 24.8 Å². The van der Waals surface area contributed by atoms with Crippen molar-refractivity contribution in [1.82, 2.24) is 0 Å². The number of ether oxygens (including phenoxy) is 2. The molecule has 4 rings (SSSR count). The van der Waals surface area contributed by atoms with Crippen LogP contribution in [-0.2, 0) is 14.3 Å². The first-order valence-corrected chi connectivity index (χ1v) is 7.28. The van der Waals surface area contributed by atoms with Gasteiger partial charge in [-0.2, -0.15) is 0 Å². The van der Waals surface area contributed by atoms with Crippen LogP contribution in [0.2, 0.25) is 0 Å². The minimum atomic E-state index is -1.29. The van der Waals surface area contributed by atoms with Crippen LogP contribution < -0.4 is 0 Å². The van der Waals surface area contributed by atoms with E-state index in [1.807, 2.05) is 0 Å².